The van der Waals surface area contributed by atoms with E-state index < -0.39 is 30.2 Å². The van der Waals surface area contributed by atoms with Crippen LogP contribution in [0.2, 0.25) is 0 Å². The number of alkyl halides is 6. The number of fused-ring (bicyclic) bond motifs is 1. The molecule has 0 radical (unpaired) electrons. The second-order valence-corrected chi connectivity index (χ2v) is 5.56. The number of hydrogen-bond donors (Lipinski definition) is 1. The van der Waals surface area contributed by atoms with E-state index in [9.17, 15) is 31.1 Å². The first-order chi connectivity index (χ1) is 9.57. The van der Waals surface area contributed by atoms with Crippen LogP contribution in [0, 0.1) is 17.8 Å². The monoisotopic (exact) mass is 318 g/mol. The van der Waals surface area contributed by atoms with Gasteiger partial charge in [0.1, 0.15) is 0 Å². The highest BCUT2D eigenvalue weighted by Gasteiger charge is 2.63. The van der Waals surface area contributed by atoms with Crippen LogP contribution in [0.1, 0.15) is 13.3 Å². The summed E-state index contributed by atoms with van der Waals surface area (Å²) in [6, 6.07) is -0.565. The Labute approximate surface area is 117 Å². The molecule has 0 saturated carbocycles. The molecule has 1 amide bonds. The predicted octanol–water partition coefficient (Wildman–Crippen LogP) is 2.18. The van der Waals surface area contributed by atoms with Crippen LogP contribution in [0.4, 0.5) is 26.3 Å². The van der Waals surface area contributed by atoms with Crippen molar-refractivity contribution in [2.24, 2.45) is 17.8 Å². The van der Waals surface area contributed by atoms with E-state index in [1.54, 1.807) is 6.92 Å². The van der Waals surface area contributed by atoms with E-state index in [4.69, 9.17) is 0 Å². The van der Waals surface area contributed by atoms with Gasteiger partial charge in [-0.05, 0) is 18.3 Å². The molecular formula is C12H16F6N2O. The van der Waals surface area contributed by atoms with Crippen molar-refractivity contribution in [2.75, 3.05) is 19.6 Å². The minimum absolute atomic E-state index is 0.0440. The van der Waals surface area contributed by atoms with E-state index in [-0.39, 0.29) is 18.4 Å². The lowest BCUT2D eigenvalue weighted by atomic mass is 9.92. The van der Waals surface area contributed by atoms with Crippen LogP contribution in [-0.4, -0.2) is 48.8 Å². The standard InChI is InChI=1S/C12H16F6N2O/c1-2-8-7-4-19-3-6(7)5-20(8)10(21)9(11(13,14)15)12(16,17)18/h6-9,19H,2-5H2,1H3. The molecule has 0 aromatic rings. The summed E-state index contributed by atoms with van der Waals surface area (Å²) in [6.45, 7) is 2.67. The van der Waals surface area contributed by atoms with E-state index in [2.05, 4.69) is 5.32 Å². The highest BCUT2D eigenvalue weighted by Crippen LogP contribution is 2.43. The normalized spacial score (nSPS) is 30.1. The largest absolute Gasteiger partial charge is 0.409 e. The second-order valence-electron chi connectivity index (χ2n) is 5.56. The van der Waals surface area contributed by atoms with Crippen LogP contribution in [-0.2, 0) is 4.79 Å². The minimum atomic E-state index is -5.62. The lowest BCUT2D eigenvalue weighted by Gasteiger charge is -2.32. The van der Waals surface area contributed by atoms with Crippen LogP contribution >= 0.6 is 0 Å². The predicted molar refractivity (Wildman–Crippen MR) is 61.2 cm³/mol. The number of amides is 1. The quantitative estimate of drug-likeness (QED) is 0.792. The number of hydrogen-bond acceptors (Lipinski definition) is 2. The fourth-order valence-electron chi connectivity index (χ4n) is 3.43. The molecule has 0 aliphatic carbocycles. The Morgan fingerprint density at radius 3 is 2.24 bits per heavy atom. The molecule has 2 aliphatic heterocycles. The average molecular weight is 318 g/mol. The van der Waals surface area contributed by atoms with Crippen molar-refractivity contribution in [1.82, 2.24) is 10.2 Å². The fourth-order valence-corrected chi connectivity index (χ4v) is 3.43. The number of carbonyl (C=O) groups is 1. The summed E-state index contributed by atoms with van der Waals surface area (Å²) in [7, 11) is 0. The van der Waals surface area contributed by atoms with Crippen molar-refractivity contribution in [3.8, 4) is 0 Å². The number of halogens is 6. The van der Waals surface area contributed by atoms with Gasteiger partial charge in [-0.3, -0.25) is 4.79 Å². The zero-order valence-electron chi connectivity index (χ0n) is 11.3. The second kappa shape index (κ2) is 5.33. The third kappa shape index (κ3) is 2.97. The fraction of sp³-hybridized carbons (Fsp3) is 0.917. The van der Waals surface area contributed by atoms with Crippen molar-refractivity contribution in [3.63, 3.8) is 0 Å². The molecular weight excluding hydrogens is 302 g/mol. The summed E-state index contributed by atoms with van der Waals surface area (Å²) in [5.41, 5.74) is 0. The molecule has 9 heteroatoms. The molecule has 122 valence electrons. The number of nitrogens with zero attached hydrogens (tertiary/aromatic N) is 1. The summed E-state index contributed by atoms with van der Waals surface area (Å²) in [5, 5.41) is 3.06. The molecule has 3 unspecified atom stereocenters. The molecule has 2 fully saturated rings. The molecule has 2 heterocycles. The Morgan fingerprint density at radius 1 is 1.19 bits per heavy atom. The van der Waals surface area contributed by atoms with E-state index in [0.29, 0.717) is 19.5 Å². The van der Waals surface area contributed by atoms with Crippen LogP contribution in [0.5, 0.6) is 0 Å². The maximum atomic E-state index is 12.7. The van der Waals surface area contributed by atoms with E-state index in [0.717, 1.165) is 4.90 Å². The molecule has 2 saturated heterocycles. The van der Waals surface area contributed by atoms with Gasteiger partial charge in [0.2, 0.25) is 11.8 Å². The first-order valence-corrected chi connectivity index (χ1v) is 6.72. The van der Waals surface area contributed by atoms with E-state index in [1.165, 1.54) is 0 Å². The molecule has 2 rings (SSSR count). The zero-order chi connectivity index (χ0) is 16.0. The van der Waals surface area contributed by atoms with Crippen LogP contribution in [0.3, 0.4) is 0 Å². The lowest BCUT2D eigenvalue weighted by molar-refractivity contribution is -0.278. The van der Waals surface area contributed by atoms with E-state index >= 15 is 0 Å². The average Bonchev–Trinajstić information content (AvgIpc) is 2.82. The summed E-state index contributed by atoms with van der Waals surface area (Å²) in [4.78, 5) is 12.7. The van der Waals surface area contributed by atoms with Crippen LogP contribution in [0.25, 0.3) is 0 Å². The molecule has 21 heavy (non-hydrogen) atoms. The van der Waals surface area contributed by atoms with Crippen molar-refractivity contribution in [3.05, 3.63) is 0 Å². The number of rotatable bonds is 2. The molecule has 1 N–H and O–H groups in total. The van der Waals surface area contributed by atoms with Gasteiger partial charge in [-0.1, -0.05) is 6.92 Å². The van der Waals surface area contributed by atoms with Crippen molar-refractivity contribution in [2.45, 2.75) is 31.7 Å². The Morgan fingerprint density at radius 2 is 1.76 bits per heavy atom. The van der Waals surface area contributed by atoms with Gasteiger partial charge in [-0.15, -0.1) is 0 Å². The van der Waals surface area contributed by atoms with Gasteiger partial charge in [0.15, 0.2) is 0 Å². The van der Waals surface area contributed by atoms with Gasteiger partial charge in [0.05, 0.1) is 0 Å². The molecule has 0 spiro atoms. The van der Waals surface area contributed by atoms with Crippen LogP contribution in [0.15, 0.2) is 0 Å². The van der Waals surface area contributed by atoms with Gasteiger partial charge in [-0.25, -0.2) is 0 Å². The number of likely N-dealkylation sites (tertiary alicyclic amines) is 1. The Bertz CT molecular complexity index is 394. The SMILES string of the molecule is CCC1C2CNCC2CN1C(=O)C(C(F)(F)F)C(F)(F)F. The first kappa shape index (κ1) is 16.4. The summed E-state index contributed by atoms with van der Waals surface area (Å²) in [5.74, 6) is -5.93. The Kier molecular flexibility index (Phi) is 4.16. The number of carbonyl (C=O) groups excluding carboxylic acids is 1. The van der Waals surface area contributed by atoms with Gasteiger partial charge in [0.25, 0.3) is 0 Å². The Balaban J connectivity index is 2.25. The van der Waals surface area contributed by atoms with Crippen molar-refractivity contribution >= 4 is 5.91 Å². The highest BCUT2D eigenvalue weighted by atomic mass is 19.4. The molecule has 3 atom stereocenters. The third-order valence-corrected chi connectivity index (χ3v) is 4.32. The smallest absolute Gasteiger partial charge is 0.338 e. The zero-order valence-corrected chi connectivity index (χ0v) is 11.3. The maximum Gasteiger partial charge on any atom is 0.409 e. The molecule has 2 aliphatic rings. The van der Waals surface area contributed by atoms with Crippen molar-refractivity contribution < 1.29 is 31.1 Å². The van der Waals surface area contributed by atoms with Gasteiger partial charge < -0.3 is 10.2 Å². The summed E-state index contributed by atoms with van der Waals surface area (Å²) < 4.78 is 76.0. The third-order valence-electron chi connectivity index (χ3n) is 4.32. The van der Waals surface area contributed by atoms with Crippen LogP contribution < -0.4 is 5.32 Å². The highest BCUT2D eigenvalue weighted by molar-refractivity contribution is 5.81. The first-order valence-electron chi connectivity index (χ1n) is 6.72. The van der Waals surface area contributed by atoms with Crippen molar-refractivity contribution in [1.29, 1.82) is 0 Å². The molecule has 0 aromatic heterocycles. The number of nitrogens with one attached hydrogen (secondary N) is 1. The van der Waals surface area contributed by atoms with Gasteiger partial charge in [-0.2, -0.15) is 26.3 Å². The maximum absolute atomic E-state index is 12.7. The Hall–Kier alpha value is -0.990. The molecule has 3 nitrogen and oxygen atoms in total. The summed E-state index contributed by atoms with van der Waals surface area (Å²) in [6.07, 6.45) is -10.9. The summed E-state index contributed by atoms with van der Waals surface area (Å²) >= 11 is 0. The van der Waals surface area contributed by atoms with Gasteiger partial charge >= 0.3 is 12.4 Å². The van der Waals surface area contributed by atoms with E-state index in [1.807, 2.05) is 0 Å². The van der Waals surface area contributed by atoms with Gasteiger partial charge in [0, 0.05) is 25.7 Å². The lowest BCUT2D eigenvalue weighted by Crippen LogP contribution is -2.52. The minimum Gasteiger partial charge on any atom is -0.338 e. The topological polar surface area (TPSA) is 32.3 Å². The molecule has 0 aromatic carbocycles. The molecule has 0 bridgehead atoms.